The maximum Gasteiger partial charge on any atom is 0.410 e. The molecule has 1 N–H and O–H groups in total. The van der Waals surface area contributed by atoms with E-state index in [9.17, 15) is 4.79 Å². The summed E-state index contributed by atoms with van der Waals surface area (Å²) in [5.41, 5.74) is 1.56. The number of ether oxygens (including phenoxy) is 2. The number of aromatic nitrogens is 2. The predicted molar refractivity (Wildman–Crippen MR) is 199 cm³/mol. The maximum atomic E-state index is 13.4. The van der Waals surface area contributed by atoms with Crippen LogP contribution in [-0.2, 0) is 22.1 Å². The van der Waals surface area contributed by atoms with Crippen molar-refractivity contribution in [3.63, 3.8) is 0 Å². The zero-order chi connectivity index (χ0) is 35.2. The first-order chi connectivity index (χ1) is 23.3. The highest BCUT2D eigenvalue weighted by Gasteiger charge is 2.50. The van der Waals surface area contributed by atoms with Gasteiger partial charge in [-0.05, 0) is 69.7 Å². The minimum absolute atomic E-state index is 0.0528. The van der Waals surface area contributed by atoms with E-state index in [2.05, 4.69) is 96.6 Å². The van der Waals surface area contributed by atoms with Gasteiger partial charge in [0.2, 0.25) is 0 Å². The number of benzene rings is 2. The summed E-state index contributed by atoms with van der Waals surface area (Å²) in [6, 6.07) is 21.8. The van der Waals surface area contributed by atoms with Crippen molar-refractivity contribution < 1.29 is 18.7 Å². The van der Waals surface area contributed by atoms with Crippen molar-refractivity contribution in [1.82, 2.24) is 25.1 Å². The molecule has 11 heteroatoms. The summed E-state index contributed by atoms with van der Waals surface area (Å²) < 4.78 is 19.3. The molecule has 0 bridgehead atoms. The monoisotopic (exact) mass is 688 g/mol. The second kappa shape index (κ2) is 15.6. The van der Waals surface area contributed by atoms with E-state index in [0.29, 0.717) is 51.8 Å². The van der Waals surface area contributed by atoms with Crippen LogP contribution in [0.1, 0.15) is 59.2 Å². The van der Waals surface area contributed by atoms with Gasteiger partial charge in [0.25, 0.3) is 8.32 Å². The molecular formula is C38H56N6O4Si. The van der Waals surface area contributed by atoms with E-state index < -0.39 is 13.9 Å². The van der Waals surface area contributed by atoms with Gasteiger partial charge in [-0.15, -0.1) is 0 Å². The van der Waals surface area contributed by atoms with Crippen LogP contribution in [-0.4, -0.2) is 106 Å². The highest BCUT2D eigenvalue weighted by molar-refractivity contribution is 6.99. The molecule has 1 fully saturated rings. The van der Waals surface area contributed by atoms with E-state index in [1.54, 1.807) is 0 Å². The molecule has 0 radical (unpaired) electrons. The lowest BCUT2D eigenvalue weighted by molar-refractivity contribution is 0.0207. The Morgan fingerprint density at radius 2 is 1.59 bits per heavy atom. The molecule has 266 valence electrons. The number of nitrogens with zero attached hydrogens (tertiary/aromatic N) is 5. The SMILES string of the molecule is CN(C)CCOc1nc2c(c(N3CCN(C(=O)OC(C)(C)C)CC3CCO[Si](c3ccccc3)(c3ccccc3)C(C)(C)C)n1)CCNC2. The number of hydrogen-bond donors (Lipinski definition) is 1. The van der Waals surface area contributed by atoms with Crippen molar-refractivity contribution in [3.05, 3.63) is 71.9 Å². The van der Waals surface area contributed by atoms with Gasteiger partial charge in [0.15, 0.2) is 0 Å². The maximum absolute atomic E-state index is 13.4. The van der Waals surface area contributed by atoms with Gasteiger partial charge < -0.3 is 33.9 Å². The molecule has 3 aromatic rings. The summed E-state index contributed by atoms with van der Waals surface area (Å²) in [5, 5.41) is 5.83. The van der Waals surface area contributed by atoms with Gasteiger partial charge in [-0.1, -0.05) is 81.4 Å². The first-order valence-corrected chi connectivity index (χ1v) is 19.6. The molecule has 0 saturated carbocycles. The van der Waals surface area contributed by atoms with E-state index in [1.807, 2.05) is 39.8 Å². The molecule has 1 atom stereocenters. The van der Waals surface area contributed by atoms with Crippen molar-refractivity contribution in [2.24, 2.45) is 0 Å². The molecular weight excluding hydrogens is 633 g/mol. The van der Waals surface area contributed by atoms with Crippen molar-refractivity contribution in [1.29, 1.82) is 0 Å². The summed E-state index contributed by atoms with van der Waals surface area (Å²) in [5.74, 6) is 0.908. The molecule has 1 unspecified atom stereocenters. The Morgan fingerprint density at radius 3 is 2.18 bits per heavy atom. The fourth-order valence-electron chi connectivity index (χ4n) is 6.92. The van der Waals surface area contributed by atoms with Crippen LogP contribution in [0.3, 0.4) is 0 Å². The molecule has 0 aliphatic carbocycles. The number of amides is 1. The number of anilines is 1. The second-order valence-electron chi connectivity index (χ2n) is 15.4. The van der Waals surface area contributed by atoms with Gasteiger partial charge in [0, 0.05) is 44.9 Å². The van der Waals surface area contributed by atoms with E-state index in [1.165, 1.54) is 10.4 Å². The smallest absolute Gasteiger partial charge is 0.410 e. The Labute approximate surface area is 294 Å². The Kier molecular flexibility index (Phi) is 11.7. The lowest BCUT2D eigenvalue weighted by atomic mass is 10.0. The van der Waals surface area contributed by atoms with E-state index >= 15 is 0 Å². The lowest BCUT2D eigenvalue weighted by Crippen LogP contribution is -2.67. The van der Waals surface area contributed by atoms with Crippen molar-refractivity contribution in [3.8, 4) is 6.01 Å². The standard InChI is InChI=1S/C38H56N6O4Si/c1-37(2,3)48-36(45)43-22-23-44(34-32-19-21-39-27-33(32)40-35(41-34)46-26-24-42(7)8)29(28-43)20-25-47-49(38(4,5)6,30-15-11-9-12-16-30)31-17-13-10-14-18-31/h9-18,29,39H,19-28H2,1-8H3. The molecule has 3 heterocycles. The van der Waals surface area contributed by atoms with Crippen LogP contribution >= 0.6 is 0 Å². The summed E-state index contributed by atoms with van der Waals surface area (Å²) in [6.45, 7) is 17.6. The van der Waals surface area contributed by atoms with Crippen molar-refractivity contribution in [2.45, 2.75) is 77.6 Å². The normalized spacial score (nSPS) is 17.2. The minimum Gasteiger partial charge on any atom is -0.462 e. The number of carbonyl (C=O) groups is 1. The number of rotatable bonds is 11. The van der Waals surface area contributed by atoms with Crippen LogP contribution in [0.4, 0.5) is 10.6 Å². The van der Waals surface area contributed by atoms with Gasteiger partial charge in [0.1, 0.15) is 18.0 Å². The third kappa shape index (κ3) is 8.81. The molecule has 2 aliphatic heterocycles. The van der Waals surface area contributed by atoms with Crippen LogP contribution in [0.25, 0.3) is 0 Å². The number of piperazine rings is 1. The highest BCUT2D eigenvalue weighted by atomic mass is 28.4. The van der Waals surface area contributed by atoms with Crippen LogP contribution in [0.15, 0.2) is 60.7 Å². The summed E-state index contributed by atoms with van der Waals surface area (Å²) in [6.07, 6.45) is 1.25. The third-order valence-corrected chi connectivity index (χ3v) is 14.3. The van der Waals surface area contributed by atoms with Crippen LogP contribution in [0.2, 0.25) is 5.04 Å². The minimum atomic E-state index is -2.74. The first kappa shape index (κ1) is 36.8. The third-order valence-electron chi connectivity index (χ3n) is 9.26. The first-order valence-electron chi connectivity index (χ1n) is 17.7. The van der Waals surface area contributed by atoms with Gasteiger partial charge in [0.05, 0.1) is 11.7 Å². The molecule has 2 aromatic carbocycles. The fraction of sp³-hybridized carbons (Fsp3) is 0.553. The topological polar surface area (TPSA) is 92.3 Å². The largest absolute Gasteiger partial charge is 0.462 e. The second-order valence-corrected chi connectivity index (χ2v) is 19.7. The number of hydrogen-bond acceptors (Lipinski definition) is 9. The summed E-state index contributed by atoms with van der Waals surface area (Å²) in [7, 11) is 1.30. The van der Waals surface area contributed by atoms with Crippen LogP contribution in [0.5, 0.6) is 6.01 Å². The molecule has 49 heavy (non-hydrogen) atoms. The average Bonchev–Trinajstić information content (AvgIpc) is 3.05. The number of likely N-dealkylation sites (N-methyl/N-ethyl adjacent to an activating group) is 1. The van der Waals surface area contributed by atoms with E-state index in [0.717, 1.165) is 36.6 Å². The molecule has 2 aliphatic rings. The van der Waals surface area contributed by atoms with Crippen molar-refractivity contribution >= 4 is 30.6 Å². The lowest BCUT2D eigenvalue weighted by Gasteiger charge is -2.45. The Balaban J connectivity index is 1.49. The Bertz CT molecular complexity index is 1490. The number of carbonyl (C=O) groups excluding carboxylic acids is 1. The predicted octanol–water partition coefficient (Wildman–Crippen LogP) is 4.46. The Morgan fingerprint density at radius 1 is 0.939 bits per heavy atom. The average molecular weight is 689 g/mol. The van der Waals surface area contributed by atoms with Gasteiger partial charge in [-0.25, -0.2) is 4.79 Å². The molecule has 0 spiro atoms. The number of nitrogens with one attached hydrogen (secondary N) is 1. The van der Waals surface area contributed by atoms with Gasteiger partial charge in [-0.3, -0.25) is 0 Å². The zero-order valence-corrected chi connectivity index (χ0v) is 31.8. The van der Waals surface area contributed by atoms with E-state index in [-0.39, 0.29) is 17.2 Å². The molecule has 1 aromatic heterocycles. The number of fused-ring (bicyclic) bond motifs is 1. The quantitative estimate of drug-likeness (QED) is 0.294. The fourth-order valence-corrected chi connectivity index (χ4v) is 11.5. The Hall–Kier alpha value is -3.51. The summed E-state index contributed by atoms with van der Waals surface area (Å²) >= 11 is 0. The van der Waals surface area contributed by atoms with Crippen molar-refractivity contribution in [2.75, 3.05) is 64.9 Å². The van der Waals surface area contributed by atoms with E-state index in [4.69, 9.17) is 23.9 Å². The van der Waals surface area contributed by atoms with Gasteiger partial charge in [-0.2, -0.15) is 9.97 Å². The highest BCUT2D eigenvalue weighted by Crippen LogP contribution is 2.37. The molecule has 1 amide bonds. The zero-order valence-electron chi connectivity index (χ0n) is 30.8. The van der Waals surface area contributed by atoms with Gasteiger partial charge >= 0.3 is 12.1 Å². The van der Waals surface area contributed by atoms with Crippen LogP contribution in [0, 0.1) is 0 Å². The summed E-state index contributed by atoms with van der Waals surface area (Å²) in [4.78, 5) is 29.6. The molecule has 10 nitrogen and oxygen atoms in total. The molecule has 1 saturated heterocycles. The van der Waals surface area contributed by atoms with Crippen LogP contribution < -0.4 is 25.3 Å². The molecule has 5 rings (SSSR count).